The second kappa shape index (κ2) is 9.02. The summed E-state index contributed by atoms with van der Waals surface area (Å²) in [5.41, 5.74) is 2.93. The monoisotopic (exact) mass is 521 g/mol. The molecule has 2 aliphatic heterocycles. The van der Waals surface area contributed by atoms with Gasteiger partial charge in [0.2, 0.25) is 0 Å². The van der Waals surface area contributed by atoms with Gasteiger partial charge in [-0.3, -0.25) is 9.59 Å². The number of nitrogens with zero attached hydrogens (tertiary/aromatic N) is 1. The number of benzene rings is 4. The number of hydrogen-bond acceptors (Lipinski definition) is 8. The lowest BCUT2D eigenvalue weighted by Gasteiger charge is -2.37. The van der Waals surface area contributed by atoms with Crippen molar-refractivity contribution >= 4 is 29.3 Å². The topological polar surface area (TPSA) is 91.4 Å². The number of carbonyl (C=O) groups excluding carboxylic acids is 3. The molecule has 0 radical (unpaired) electrons. The fourth-order valence-corrected chi connectivity index (χ4v) is 5.14. The van der Waals surface area contributed by atoms with Gasteiger partial charge < -0.3 is 23.8 Å². The minimum atomic E-state index is -1.23. The van der Waals surface area contributed by atoms with Crippen molar-refractivity contribution in [1.82, 2.24) is 0 Å². The first-order chi connectivity index (χ1) is 18.8. The van der Waals surface area contributed by atoms with E-state index in [2.05, 4.69) is 0 Å². The highest BCUT2D eigenvalue weighted by atomic mass is 16.6. The number of anilines is 2. The molecule has 0 saturated carbocycles. The van der Waals surface area contributed by atoms with Crippen molar-refractivity contribution in [1.29, 1.82) is 0 Å². The Balaban J connectivity index is 1.47. The summed E-state index contributed by atoms with van der Waals surface area (Å²) < 4.78 is 23.0. The third-order valence-corrected chi connectivity index (χ3v) is 6.80. The van der Waals surface area contributed by atoms with Crippen LogP contribution >= 0.6 is 0 Å². The highest BCUT2D eigenvalue weighted by Crippen LogP contribution is 2.57. The van der Waals surface area contributed by atoms with Crippen molar-refractivity contribution in [2.24, 2.45) is 0 Å². The summed E-state index contributed by atoms with van der Waals surface area (Å²) in [6.07, 6.45) is 0. The number of ether oxygens (including phenoxy) is 4. The lowest BCUT2D eigenvalue weighted by Crippen LogP contribution is -2.33. The van der Waals surface area contributed by atoms with Crippen molar-refractivity contribution in [2.45, 2.75) is 19.4 Å². The second-order valence-corrected chi connectivity index (χ2v) is 9.30. The maximum atomic E-state index is 13.1. The smallest absolute Gasteiger partial charge is 0.340 e. The average molecular weight is 522 g/mol. The van der Waals surface area contributed by atoms with Gasteiger partial charge in [0.15, 0.2) is 5.60 Å². The maximum absolute atomic E-state index is 13.1. The Morgan fingerprint density at radius 3 is 2.03 bits per heavy atom. The van der Waals surface area contributed by atoms with Crippen LogP contribution in [0.5, 0.6) is 23.0 Å². The Kier molecular flexibility index (Phi) is 5.61. The van der Waals surface area contributed by atoms with Crippen molar-refractivity contribution in [3.8, 4) is 23.0 Å². The summed E-state index contributed by atoms with van der Waals surface area (Å²) in [6.45, 7) is 2.68. The number of fused-ring (bicyclic) bond motifs is 6. The van der Waals surface area contributed by atoms with E-state index in [0.29, 0.717) is 45.3 Å². The zero-order valence-electron chi connectivity index (χ0n) is 21.4. The maximum Gasteiger partial charge on any atom is 0.340 e. The lowest BCUT2D eigenvalue weighted by molar-refractivity contribution is -0.132. The zero-order valence-corrected chi connectivity index (χ0v) is 21.4. The first-order valence-electron chi connectivity index (χ1n) is 12.3. The quantitative estimate of drug-likeness (QED) is 0.243. The molecule has 8 nitrogen and oxygen atoms in total. The molecule has 6 rings (SSSR count). The first kappa shape index (κ1) is 24.2. The van der Waals surface area contributed by atoms with Crippen LogP contribution in [-0.2, 0) is 19.9 Å². The van der Waals surface area contributed by atoms with Gasteiger partial charge in [-0.25, -0.2) is 4.79 Å². The van der Waals surface area contributed by atoms with Crippen molar-refractivity contribution < 1.29 is 33.3 Å². The molecule has 2 aliphatic rings. The fraction of sp³-hybridized carbons (Fsp3) is 0.129. The summed E-state index contributed by atoms with van der Waals surface area (Å²) in [4.78, 5) is 37.9. The van der Waals surface area contributed by atoms with Crippen LogP contribution in [0.25, 0.3) is 0 Å². The van der Waals surface area contributed by atoms with Gasteiger partial charge in [0.25, 0.3) is 0 Å². The van der Waals surface area contributed by atoms with Crippen LogP contribution in [0.15, 0.2) is 84.9 Å². The molecule has 194 valence electrons. The van der Waals surface area contributed by atoms with Gasteiger partial charge >= 0.3 is 17.9 Å². The van der Waals surface area contributed by atoms with Gasteiger partial charge in [-0.05, 0) is 54.6 Å². The minimum Gasteiger partial charge on any atom is -0.456 e. The Morgan fingerprint density at radius 1 is 0.718 bits per heavy atom. The van der Waals surface area contributed by atoms with Crippen LogP contribution in [-0.4, -0.2) is 25.0 Å². The summed E-state index contributed by atoms with van der Waals surface area (Å²) in [6, 6.07) is 25.2. The van der Waals surface area contributed by atoms with Crippen LogP contribution < -0.4 is 19.1 Å². The number of rotatable bonds is 4. The molecular formula is C31H23NO7. The molecule has 4 aromatic carbocycles. The molecule has 39 heavy (non-hydrogen) atoms. The van der Waals surface area contributed by atoms with Crippen LogP contribution in [0, 0.1) is 0 Å². The Hall–Kier alpha value is -5.11. The van der Waals surface area contributed by atoms with Gasteiger partial charge in [0, 0.05) is 61.1 Å². The van der Waals surface area contributed by atoms with Gasteiger partial charge in [-0.2, -0.15) is 0 Å². The van der Waals surface area contributed by atoms with Crippen LogP contribution in [0.3, 0.4) is 0 Å². The predicted molar refractivity (Wildman–Crippen MR) is 142 cm³/mol. The molecule has 8 heteroatoms. The molecular weight excluding hydrogens is 498 g/mol. The lowest BCUT2D eigenvalue weighted by atomic mass is 9.77. The zero-order chi connectivity index (χ0) is 27.3. The molecule has 1 unspecified atom stereocenters. The van der Waals surface area contributed by atoms with E-state index in [1.54, 1.807) is 42.5 Å². The minimum absolute atomic E-state index is 0.318. The predicted octanol–water partition coefficient (Wildman–Crippen LogP) is 5.87. The van der Waals surface area contributed by atoms with E-state index >= 15 is 0 Å². The Morgan fingerprint density at radius 2 is 1.31 bits per heavy atom. The SMILES string of the molecule is CC(=O)Oc1ccc(N(C)c2ccc3c(c2)Oc2cc(OC(C)=O)ccc2C32OC(=O)c3ccccc32)cc1. The second-order valence-electron chi connectivity index (χ2n) is 9.30. The number of hydrogen-bond donors (Lipinski definition) is 0. The Labute approximate surface area is 224 Å². The molecule has 1 atom stereocenters. The van der Waals surface area contributed by atoms with E-state index in [4.69, 9.17) is 18.9 Å². The van der Waals surface area contributed by atoms with Crippen molar-refractivity contribution in [3.05, 3.63) is 107 Å². The Bertz CT molecular complexity index is 1660. The number of esters is 3. The molecule has 0 fully saturated rings. The molecule has 0 aromatic heterocycles. The normalized spacial score (nSPS) is 16.3. The number of carbonyl (C=O) groups is 3. The molecule has 0 bridgehead atoms. The van der Waals surface area contributed by atoms with Gasteiger partial charge in [0.1, 0.15) is 23.0 Å². The molecule has 0 saturated heterocycles. The summed E-state index contributed by atoms with van der Waals surface area (Å²) >= 11 is 0. The van der Waals surface area contributed by atoms with E-state index in [0.717, 1.165) is 11.4 Å². The molecule has 4 aromatic rings. The average Bonchev–Trinajstić information content (AvgIpc) is 3.20. The first-order valence-corrected chi connectivity index (χ1v) is 12.3. The highest BCUT2D eigenvalue weighted by Gasteiger charge is 2.53. The van der Waals surface area contributed by atoms with E-state index in [1.165, 1.54) is 13.8 Å². The van der Waals surface area contributed by atoms with Crippen LogP contribution in [0.2, 0.25) is 0 Å². The molecule has 0 aliphatic carbocycles. The fourth-order valence-electron chi connectivity index (χ4n) is 5.14. The van der Waals surface area contributed by atoms with Crippen LogP contribution in [0.4, 0.5) is 11.4 Å². The molecule has 0 N–H and O–H groups in total. The summed E-state index contributed by atoms with van der Waals surface area (Å²) in [7, 11) is 1.90. The van der Waals surface area contributed by atoms with Gasteiger partial charge in [0.05, 0.1) is 5.56 Å². The third-order valence-electron chi connectivity index (χ3n) is 6.80. The highest BCUT2D eigenvalue weighted by molar-refractivity contribution is 5.97. The van der Waals surface area contributed by atoms with Crippen molar-refractivity contribution in [2.75, 3.05) is 11.9 Å². The van der Waals surface area contributed by atoms with E-state index in [9.17, 15) is 14.4 Å². The summed E-state index contributed by atoms with van der Waals surface area (Å²) in [5, 5.41) is 0. The van der Waals surface area contributed by atoms with E-state index in [1.807, 2.05) is 54.4 Å². The molecule has 1 spiro atoms. The third kappa shape index (κ3) is 3.97. The standard InChI is InChI=1S/C31H23NO7/c1-18(33)36-22-11-8-20(9-12-22)32(3)21-10-14-26-28(16-21)38-29-17-23(37-19(2)34)13-15-27(29)31(26)25-7-5-4-6-24(25)30(35)39-31/h4-17H,1-3H3. The van der Waals surface area contributed by atoms with Gasteiger partial charge in [-0.15, -0.1) is 0 Å². The molecule has 0 amide bonds. The van der Waals surface area contributed by atoms with Gasteiger partial charge in [-0.1, -0.05) is 18.2 Å². The van der Waals surface area contributed by atoms with E-state index in [-0.39, 0.29) is 5.97 Å². The molecule has 2 heterocycles. The van der Waals surface area contributed by atoms with Crippen LogP contribution in [0.1, 0.15) is 40.9 Å². The largest absolute Gasteiger partial charge is 0.456 e. The van der Waals surface area contributed by atoms with E-state index < -0.39 is 17.5 Å². The summed E-state index contributed by atoms with van der Waals surface area (Å²) in [5.74, 6) is 0.410. The van der Waals surface area contributed by atoms with Crippen molar-refractivity contribution in [3.63, 3.8) is 0 Å².